The molecule has 1 aliphatic heterocycles. The zero-order valence-corrected chi connectivity index (χ0v) is 19.2. The molecule has 0 atom stereocenters. The van der Waals surface area contributed by atoms with E-state index in [9.17, 15) is 24.3 Å². The smallest absolute Gasteiger partial charge is 0.331 e. The summed E-state index contributed by atoms with van der Waals surface area (Å²) in [6.07, 6.45) is 5.99. The molecule has 0 saturated heterocycles. The lowest BCUT2D eigenvalue weighted by Gasteiger charge is -2.24. The second-order valence-corrected chi connectivity index (χ2v) is 8.79. The summed E-state index contributed by atoms with van der Waals surface area (Å²) in [5, 5.41) is 23.9. The number of rotatable bonds is 8. The summed E-state index contributed by atoms with van der Waals surface area (Å²) in [4.78, 5) is 54.7. The molecule has 1 aromatic heterocycles. The third-order valence-electron chi connectivity index (χ3n) is 6.42. The first-order chi connectivity index (χ1) is 16.8. The summed E-state index contributed by atoms with van der Waals surface area (Å²) in [7, 11) is 0. The minimum atomic E-state index is -1.04. The number of aromatic hydroxyl groups is 1. The van der Waals surface area contributed by atoms with Gasteiger partial charge in [0, 0.05) is 24.2 Å². The Morgan fingerprint density at radius 2 is 1.89 bits per heavy atom. The second-order valence-electron chi connectivity index (χ2n) is 8.79. The van der Waals surface area contributed by atoms with Gasteiger partial charge in [-0.25, -0.2) is 9.79 Å². The molecule has 2 aliphatic rings. The van der Waals surface area contributed by atoms with E-state index >= 15 is 0 Å². The molecule has 10 nitrogen and oxygen atoms in total. The van der Waals surface area contributed by atoms with E-state index in [4.69, 9.17) is 5.11 Å². The Bertz CT molecular complexity index is 1410. The molecule has 0 spiro atoms. The number of para-hydroxylation sites is 1. The largest absolute Gasteiger partial charge is 0.494 e. The number of allylic oxidation sites excluding steroid dienone is 1. The van der Waals surface area contributed by atoms with Crippen LogP contribution in [0.4, 0.5) is 0 Å². The zero-order valence-electron chi connectivity index (χ0n) is 19.2. The van der Waals surface area contributed by atoms with Gasteiger partial charge in [0.25, 0.3) is 5.56 Å². The summed E-state index contributed by atoms with van der Waals surface area (Å²) in [6.45, 7) is 0.249. The van der Waals surface area contributed by atoms with E-state index in [0.717, 1.165) is 42.9 Å². The molecule has 1 aromatic carbocycles. The number of carboxylic acid groups (broad SMARTS) is 1. The number of fused-ring (bicyclic) bond motifs is 1. The number of nitrogens with zero attached hydrogens (tertiary/aromatic N) is 2. The molecule has 1 amide bonds. The number of amides is 1. The van der Waals surface area contributed by atoms with Gasteiger partial charge in [0.05, 0.1) is 17.5 Å². The highest BCUT2D eigenvalue weighted by molar-refractivity contribution is 5.81. The first kappa shape index (κ1) is 24.2. The van der Waals surface area contributed by atoms with Gasteiger partial charge in [-0.3, -0.25) is 23.9 Å². The van der Waals surface area contributed by atoms with Gasteiger partial charge < -0.3 is 15.5 Å². The van der Waals surface area contributed by atoms with E-state index in [1.165, 1.54) is 10.6 Å². The van der Waals surface area contributed by atoms with Crippen molar-refractivity contribution in [3.63, 3.8) is 0 Å². The molecule has 0 bridgehead atoms. The number of carbonyl (C=O) groups is 2. The van der Waals surface area contributed by atoms with E-state index in [1.54, 1.807) is 0 Å². The van der Waals surface area contributed by atoms with Crippen LogP contribution < -0.4 is 27.1 Å². The van der Waals surface area contributed by atoms with Crippen LogP contribution in [0.25, 0.3) is 11.6 Å². The van der Waals surface area contributed by atoms with Crippen molar-refractivity contribution in [1.82, 2.24) is 14.9 Å². The normalized spacial score (nSPS) is 16.7. The van der Waals surface area contributed by atoms with Gasteiger partial charge >= 0.3 is 11.7 Å². The molecule has 35 heavy (non-hydrogen) atoms. The summed E-state index contributed by atoms with van der Waals surface area (Å²) in [5.74, 6) is -1.77. The lowest BCUT2D eigenvalue weighted by atomic mass is 9.95. The molecule has 1 aliphatic carbocycles. The Morgan fingerprint density at radius 1 is 1.14 bits per heavy atom. The Labute approximate surface area is 200 Å². The van der Waals surface area contributed by atoms with Gasteiger partial charge in [0.2, 0.25) is 11.8 Å². The summed E-state index contributed by atoms with van der Waals surface area (Å²) >= 11 is 0. The van der Waals surface area contributed by atoms with Gasteiger partial charge in [-0.1, -0.05) is 37.5 Å². The van der Waals surface area contributed by atoms with Crippen molar-refractivity contribution in [2.24, 2.45) is 4.99 Å². The number of aliphatic carboxylic acids is 1. The van der Waals surface area contributed by atoms with Gasteiger partial charge in [-0.05, 0) is 37.0 Å². The molecule has 10 heteroatoms. The maximum Gasteiger partial charge on any atom is 0.331 e. The zero-order chi connectivity index (χ0) is 24.9. The predicted molar refractivity (Wildman–Crippen MR) is 128 cm³/mol. The van der Waals surface area contributed by atoms with Crippen molar-refractivity contribution in [2.45, 2.75) is 57.4 Å². The van der Waals surface area contributed by atoms with Crippen LogP contribution in [0.1, 0.15) is 63.0 Å². The highest BCUT2D eigenvalue weighted by Gasteiger charge is 2.23. The fourth-order valence-electron chi connectivity index (χ4n) is 4.68. The Kier molecular flexibility index (Phi) is 7.28. The van der Waals surface area contributed by atoms with E-state index in [1.807, 2.05) is 24.3 Å². The van der Waals surface area contributed by atoms with E-state index in [-0.39, 0.29) is 42.8 Å². The summed E-state index contributed by atoms with van der Waals surface area (Å²) < 4.78 is 1.28. The lowest BCUT2D eigenvalue weighted by molar-refractivity contribution is -0.138. The molecule has 4 N–H and O–H groups in total. The fourth-order valence-corrected chi connectivity index (χ4v) is 4.68. The molecule has 2 heterocycles. The SMILES string of the molecule is O=C(O)CCC(=O)NCCC1=c2ccccc2=N/C1=C\c1c(O)n(C2CCCCC2)c(=O)[nH]c1=O. The van der Waals surface area contributed by atoms with Crippen LogP contribution in [0.2, 0.25) is 0 Å². The van der Waals surface area contributed by atoms with Crippen LogP contribution in [-0.4, -0.2) is 38.2 Å². The Hall–Kier alpha value is -3.95. The number of benzene rings is 1. The van der Waals surface area contributed by atoms with Crippen molar-refractivity contribution in [2.75, 3.05) is 6.54 Å². The molecule has 0 unspecified atom stereocenters. The minimum absolute atomic E-state index is 0.0373. The minimum Gasteiger partial charge on any atom is -0.494 e. The number of nitrogens with one attached hydrogen (secondary N) is 2. The van der Waals surface area contributed by atoms with Gasteiger partial charge in [-0.2, -0.15) is 0 Å². The van der Waals surface area contributed by atoms with Crippen molar-refractivity contribution in [3.8, 4) is 5.88 Å². The maximum absolute atomic E-state index is 12.7. The first-order valence-electron chi connectivity index (χ1n) is 11.8. The summed E-state index contributed by atoms with van der Waals surface area (Å²) in [5.41, 5.74) is -0.125. The average molecular weight is 481 g/mol. The van der Waals surface area contributed by atoms with Gasteiger partial charge in [0.15, 0.2) is 0 Å². The third kappa shape index (κ3) is 5.42. The van der Waals surface area contributed by atoms with Gasteiger partial charge in [-0.15, -0.1) is 0 Å². The average Bonchev–Trinajstić information content (AvgIpc) is 3.18. The van der Waals surface area contributed by atoms with E-state index in [0.29, 0.717) is 17.5 Å². The van der Waals surface area contributed by atoms with Crippen molar-refractivity contribution >= 4 is 23.5 Å². The molecule has 4 rings (SSSR count). The Balaban J connectivity index is 1.66. The number of hydrogen-bond donors (Lipinski definition) is 4. The topological polar surface area (TPSA) is 154 Å². The van der Waals surface area contributed by atoms with Crippen molar-refractivity contribution in [1.29, 1.82) is 0 Å². The van der Waals surface area contributed by atoms with Crippen molar-refractivity contribution < 1.29 is 19.8 Å². The number of H-pyrrole nitrogens is 1. The van der Waals surface area contributed by atoms with Crippen LogP contribution >= 0.6 is 0 Å². The molecular formula is C25H28N4O6. The fraction of sp³-hybridized carbons (Fsp3) is 0.400. The van der Waals surface area contributed by atoms with Crippen LogP contribution in [0.15, 0.2) is 44.5 Å². The highest BCUT2D eigenvalue weighted by atomic mass is 16.4. The van der Waals surface area contributed by atoms with Crippen molar-refractivity contribution in [3.05, 3.63) is 66.9 Å². The monoisotopic (exact) mass is 480 g/mol. The quantitative estimate of drug-likeness (QED) is 0.441. The lowest BCUT2D eigenvalue weighted by Crippen LogP contribution is -2.34. The van der Waals surface area contributed by atoms with Crippen LogP contribution in [0, 0.1) is 0 Å². The van der Waals surface area contributed by atoms with Gasteiger partial charge in [0.1, 0.15) is 5.56 Å². The molecule has 0 radical (unpaired) electrons. The van der Waals surface area contributed by atoms with E-state index < -0.39 is 17.2 Å². The number of hydrogen-bond acceptors (Lipinski definition) is 6. The summed E-state index contributed by atoms with van der Waals surface area (Å²) in [6, 6.07) is 7.23. The molecule has 184 valence electrons. The molecule has 1 saturated carbocycles. The van der Waals surface area contributed by atoms with Crippen LogP contribution in [0.3, 0.4) is 0 Å². The molecule has 1 fully saturated rings. The second kappa shape index (κ2) is 10.5. The molecular weight excluding hydrogens is 452 g/mol. The Morgan fingerprint density at radius 3 is 2.63 bits per heavy atom. The molecule has 2 aromatic rings. The van der Waals surface area contributed by atoms with Crippen LogP contribution in [-0.2, 0) is 9.59 Å². The number of carboxylic acids is 1. The number of aromatic amines is 1. The first-order valence-corrected chi connectivity index (χ1v) is 11.8. The standard InChI is InChI=1S/C25H28N4O6/c30-21(10-11-22(31)32)26-13-12-17-16-8-4-5-9-19(16)27-20(17)14-18-23(33)28-25(35)29(24(18)34)15-6-2-1-3-7-15/h4-5,8-9,14-15,34H,1-3,6-7,10-13H2,(H,26,30)(H,31,32)(H,28,33,35)/b20-14-. The number of aromatic nitrogens is 2. The third-order valence-corrected chi connectivity index (χ3v) is 6.42. The van der Waals surface area contributed by atoms with Crippen LogP contribution in [0.5, 0.6) is 5.88 Å². The maximum atomic E-state index is 12.7. The number of carbonyl (C=O) groups excluding carboxylic acids is 1. The van der Waals surface area contributed by atoms with E-state index in [2.05, 4.69) is 15.3 Å². The highest BCUT2D eigenvalue weighted by Crippen LogP contribution is 2.31. The predicted octanol–water partition coefficient (Wildman–Crippen LogP) is 0.943.